The van der Waals surface area contributed by atoms with E-state index >= 15 is 0 Å². The predicted octanol–water partition coefficient (Wildman–Crippen LogP) is 5.07. The van der Waals surface area contributed by atoms with Crippen molar-refractivity contribution in [2.45, 2.75) is 19.9 Å². The minimum absolute atomic E-state index is 0.304. The normalized spacial score (nSPS) is 11.6. The number of para-hydroxylation sites is 3. The van der Waals surface area contributed by atoms with Crippen LogP contribution in [0.4, 0.5) is 17.1 Å². The minimum Gasteiger partial charge on any atom is -0.209 e. The van der Waals surface area contributed by atoms with E-state index in [0.29, 0.717) is 10.6 Å². The highest BCUT2D eigenvalue weighted by Crippen LogP contribution is 2.40. The second-order valence-corrected chi connectivity index (χ2v) is 6.09. The van der Waals surface area contributed by atoms with Crippen molar-refractivity contribution < 1.29 is 0 Å². The van der Waals surface area contributed by atoms with Gasteiger partial charge in [0.05, 0.1) is 0 Å². The summed E-state index contributed by atoms with van der Waals surface area (Å²) in [5.74, 6) is 0. The van der Waals surface area contributed by atoms with Crippen LogP contribution in [-0.4, -0.2) is 6.04 Å². The summed E-state index contributed by atoms with van der Waals surface area (Å²) < 4.78 is 0.403. The van der Waals surface area contributed by atoms with Crippen molar-refractivity contribution >= 4 is 17.1 Å². The first-order valence-corrected chi connectivity index (χ1v) is 8.32. The predicted molar refractivity (Wildman–Crippen MR) is 102 cm³/mol. The SMILES string of the molecule is CC(C)NN[N+](c1ccccc1)(c1ccccc1)c1ccccc1. The fraction of sp³-hybridized carbons (Fsp3) is 0.143. The highest BCUT2D eigenvalue weighted by molar-refractivity contribution is 5.69. The van der Waals surface area contributed by atoms with Gasteiger partial charge in [0.15, 0.2) is 17.1 Å². The molecule has 3 nitrogen and oxygen atoms in total. The van der Waals surface area contributed by atoms with Gasteiger partial charge in [0, 0.05) is 42.4 Å². The quantitative estimate of drug-likeness (QED) is 0.489. The molecule has 0 saturated carbocycles. The largest absolute Gasteiger partial charge is 0.209 e. The summed E-state index contributed by atoms with van der Waals surface area (Å²) in [4.78, 5) is 0. The van der Waals surface area contributed by atoms with E-state index in [0.717, 1.165) is 17.1 Å². The van der Waals surface area contributed by atoms with E-state index in [-0.39, 0.29) is 0 Å². The van der Waals surface area contributed by atoms with Gasteiger partial charge in [-0.1, -0.05) is 60.1 Å². The molecule has 0 aliphatic rings. The number of quaternary nitrogens is 1. The monoisotopic (exact) mass is 318 g/mol. The molecule has 122 valence electrons. The molecule has 3 rings (SSSR count). The molecule has 0 aliphatic heterocycles. The molecule has 0 aromatic heterocycles. The fourth-order valence-electron chi connectivity index (χ4n) is 2.82. The highest BCUT2D eigenvalue weighted by Gasteiger charge is 2.37. The van der Waals surface area contributed by atoms with Gasteiger partial charge in [-0.15, -0.1) is 4.59 Å². The first-order chi connectivity index (χ1) is 11.7. The highest BCUT2D eigenvalue weighted by atomic mass is 15.8. The molecule has 0 saturated heterocycles. The lowest BCUT2D eigenvalue weighted by atomic mass is 10.1. The van der Waals surface area contributed by atoms with Crippen molar-refractivity contribution in [1.82, 2.24) is 15.6 Å². The Balaban J connectivity index is 2.24. The Labute approximate surface area is 144 Å². The molecule has 0 unspecified atom stereocenters. The summed E-state index contributed by atoms with van der Waals surface area (Å²) in [6.45, 7) is 4.26. The summed E-state index contributed by atoms with van der Waals surface area (Å²) in [5, 5.41) is 0. The molecule has 3 heteroatoms. The van der Waals surface area contributed by atoms with Crippen molar-refractivity contribution in [2.24, 2.45) is 0 Å². The van der Waals surface area contributed by atoms with Crippen LogP contribution in [0, 0.1) is 0 Å². The number of nitrogens with zero attached hydrogens (tertiary/aromatic N) is 1. The molecule has 0 radical (unpaired) electrons. The van der Waals surface area contributed by atoms with E-state index in [1.165, 1.54) is 0 Å². The van der Waals surface area contributed by atoms with E-state index in [2.05, 4.69) is 97.6 Å². The Bertz CT molecular complexity index is 643. The molecule has 0 fully saturated rings. The van der Waals surface area contributed by atoms with E-state index in [4.69, 9.17) is 0 Å². The maximum atomic E-state index is 3.57. The number of hydrazine groups is 1. The lowest BCUT2D eigenvalue weighted by Crippen LogP contribution is -2.59. The van der Waals surface area contributed by atoms with Crippen molar-refractivity contribution in [3.8, 4) is 0 Å². The van der Waals surface area contributed by atoms with Gasteiger partial charge >= 0.3 is 0 Å². The molecule has 24 heavy (non-hydrogen) atoms. The van der Waals surface area contributed by atoms with Gasteiger partial charge in [-0.2, -0.15) is 0 Å². The molecule has 0 amide bonds. The Morgan fingerprint density at radius 1 is 0.583 bits per heavy atom. The van der Waals surface area contributed by atoms with Crippen LogP contribution in [0.15, 0.2) is 91.0 Å². The molecule has 3 aromatic rings. The van der Waals surface area contributed by atoms with Gasteiger partial charge in [-0.05, 0) is 13.8 Å². The molecule has 0 bridgehead atoms. The number of hydrogen-bond acceptors (Lipinski definition) is 2. The first-order valence-electron chi connectivity index (χ1n) is 8.32. The molecule has 0 spiro atoms. The van der Waals surface area contributed by atoms with Gasteiger partial charge in [0.2, 0.25) is 0 Å². The topological polar surface area (TPSA) is 24.1 Å². The van der Waals surface area contributed by atoms with Crippen molar-refractivity contribution in [2.75, 3.05) is 0 Å². The van der Waals surface area contributed by atoms with Crippen molar-refractivity contribution in [1.29, 1.82) is 0 Å². The Kier molecular flexibility index (Phi) is 5.06. The lowest BCUT2D eigenvalue weighted by Gasteiger charge is -2.37. The van der Waals surface area contributed by atoms with Crippen molar-refractivity contribution in [3.63, 3.8) is 0 Å². The van der Waals surface area contributed by atoms with Gasteiger partial charge in [0.1, 0.15) is 0 Å². The molecular weight excluding hydrogens is 294 g/mol. The van der Waals surface area contributed by atoms with E-state index in [9.17, 15) is 0 Å². The number of benzene rings is 3. The van der Waals surface area contributed by atoms with Crippen LogP contribution in [0.3, 0.4) is 0 Å². The van der Waals surface area contributed by atoms with Crippen LogP contribution in [0.1, 0.15) is 13.8 Å². The third-order valence-electron chi connectivity index (χ3n) is 3.95. The molecule has 3 aromatic carbocycles. The zero-order valence-corrected chi connectivity index (χ0v) is 14.2. The smallest absolute Gasteiger partial charge is 0.163 e. The van der Waals surface area contributed by atoms with E-state index < -0.39 is 0 Å². The average molecular weight is 318 g/mol. The van der Waals surface area contributed by atoms with Crippen molar-refractivity contribution in [3.05, 3.63) is 91.0 Å². The van der Waals surface area contributed by atoms with Gasteiger partial charge < -0.3 is 0 Å². The second kappa shape index (κ2) is 7.41. The molecular formula is C21H24N3+. The number of hydrogen-bond donors (Lipinski definition) is 2. The van der Waals surface area contributed by atoms with E-state index in [1.807, 2.05) is 18.2 Å². The first kappa shape index (κ1) is 16.4. The summed E-state index contributed by atoms with van der Waals surface area (Å²) in [5.41, 5.74) is 10.4. The molecule has 2 N–H and O–H groups in total. The molecule has 0 atom stereocenters. The summed E-state index contributed by atoms with van der Waals surface area (Å²) in [6.07, 6.45) is 0. The molecule has 0 heterocycles. The minimum atomic E-state index is 0.304. The summed E-state index contributed by atoms with van der Waals surface area (Å²) in [7, 11) is 0. The van der Waals surface area contributed by atoms with Crippen LogP contribution in [0.5, 0.6) is 0 Å². The maximum absolute atomic E-state index is 3.57. The second-order valence-electron chi connectivity index (χ2n) is 6.09. The Morgan fingerprint density at radius 2 is 0.917 bits per heavy atom. The van der Waals surface area contributed by atoms with Gasteiger partial charge in [-0.25, -0.2) is 5.43 Å². The summed E-state index contributed by atoms with van der Waals surface area (Å²) in [6, 6.07) is 31.8. The number of rotatable bonds is 6. The summed E-state index contributed by atoms with van der Waals surface area (Å²) >= 11 is 0. The third-order valence-corrected chi connectivity index (χ3v) is 3.95. The number of nitrogens with one attached hydrogen (secondary N) is 2. The lowest BCUT2D eigenvalue weighted by molar-refractivity contribution is 0.292. The third kappa shape index (κ3) is 3.24. The van der Waals surface area contributed by atoms with Crippen LogP contribution in [0.25, 0.3) is 0 Å². The van der Waals surface area contributed by atoms with Gasteiger partial charge in [-0.3, -0.25) is 0 Å². The average Bonchev–Trinajstić information content (AvgIpc) is 2.65. The zero-order chi connectivity index (χ0) is 16.8. The van der Waals surface area contributed by atoms with Crippen LogP contribution in [0.2, 0.25) is 0 Å². The fourth-order valence-corrected chi connectivity index (χ4v) is 2.82. The Morgan fingerprint density at radius 3 is 1.21 bits per heavy atom. The Hall–Kier alpha value is -2.46. The van der Waals surface area contributed by atoms with E-state index in [1.54, 1.807) is 0 Å². The molecule has 0 aliphatic carbocycles. The van der Waals surface area contributed by atoms with Crippen LogP contribution in [-0.2, 0) is 0 Å². The standard InChI is InChI=1S/C21H24N3/c1-18(2)22-23-24(19-12-6-3-7-13-19,20-14-8-4-9-15-20)21-16-10-5-11-17-21/h3-18,22-23H,1-2H3/q+1. The van der Waals surface area contributed by atoms with Crippen LogP contribution >= 0.6 is 0 Å². The zero-order valence-electron chi connectivity index (χ0n) is 14.2. The van der Waals surface area contributed by atoms with Crippen LogP contribution < -0.4 is 15.6 Å². The maximum Gasteiger partial charge on any atom is 0.163 e. The van der Waals surface area contributed by atoms with Gasteiger partial charge in [0.25, 0.3) is 0 Å².